The van der Waals surface area contributed by atoms with Crippen molar-refractivity contribution >= 4 is 40.0 Å². The van der Waals surface area contributed by atoms with Crippen LogP contribution in [-0.2, 0) is 4.74 Å². The molecule has 0 saturated heterocycles. The van der Waals surface area contributed by atoms with Crippen LogP contribution in [0, 0.1) is 17.0 Å². The zero-order chi connectivity index (χ0) is 24.1. The highest BCUT2D eigenvalue weighted by Gasteiger charge is 2.35. The van der Waals surface area contributed by atoms with Crippen molar-refractivity contribution in [2.24, 2.45) is 0 Å². The quantitative estimate of drug-likeness (QED) is 0.387. The molecular weight excluding hydrogens is 458 g/mol. The highest BCUT2D eigenvalue weighted by molar-refractivity contribution is 8.03. The Balaban J connectivity index is 1.72. The maximum absolute atomic E-state index is 13.3. The summed E-state index contributed by atoms with van der Waals surface area (Å²) in [5.41, 5.74) is 1.87. The predicted octanol–water partition coefficient (Wildman–Crippen LogP) is 3.69. The van der Waals surface area contributed by atoms with Crippen LogP contribution in [0.2, 0.25) is 0 Å². The molecule has 3 heterocycles. The molecule has 10 heteroatoms. The lowest BCUT2D eigenvalue weighted by Crippen LogP contribution is -2.37. The second-order valence-electron chi connectivity index (χ2n) is 9.03. The largest absolute Gasteiger partial charge is 0.462 e. The van der Waals surface area contributed by atoms with Gasteiger partial charge in [0.2, 0.25) is 5.43 Å². The predicted molar refractivity (Wildman–Crippen MR) is 131 cm³/mol. The number of aromatic nitrogens is 1. The number of ether oxygens (including phenoxy) is 1. The van der Waals surface area contributed by atoms with Crippen molar-refractivity contribution in [1.82, 2.24) is 4.57 Å². The number of rotatable bonds is 5. The summed E-state index contributed by atoms with van der Waals surface area (Å²) >= 11 is 1.76. The fraction of sp³-hybridized carbons (Fsp3) is 0.500. The molecule has 0 bridgehead atoms. The number of hydrogen-bond donors (Lipinski definition) is 1. The molecule has 1 saturated carbocycles. The minimum Gasteiger partial charge on any atom is -0.462 e. The third-order valence-electron chi connectivity index (χ3n) is 6.85. The number of nitrogens with zero attached hydrogens (tertiary/aromatic N) is 3. The van der Waals surface area contributed by atoms with Gasteiger partial charge in [0.1, 0.15) is 11.3 Å². The van der Waals surface area contributed by atoms with E-state index < -0.39 is 22.4 Å². The number of pyridine rings is 1. The number of fused-ring (bicyclic) bond motifs is 1. The molecule has 9 nitrogen and oxygen atoms in total. The first-order valence-electron chi connectivity index (χ1n) is 11.6. The summed E-state index contributed by atoms with van der Waals surface area (Å²) in [7, 11) is 0. The molecule has 3 aliphatic rings. The number of nitro groups is 1. The third-order valence-corrected chi connectivity index (χ3v) is 8.11. The van der Waals surface area contributed by atoms with Crippen molar-refractivity contribution in [1.29, 1.82) is 0 Å². The number of carbonyl (C=O) groups excluding carboxylic acids is 1. The Kier molecular flexibility index (Phi) is 5.89. The summed E-state index contributed by atoms with van der Waals surface area (Å²) in [6.45, 7) is 4.63. The van der Waals surface area contributed by atoms with Gasteiger partial charge in [0.25, 0.3) is 5.69 Å². The molecule has 2 aliphatic heterocycles. The van der Waals surface area contributed by atoms with Gasteiger partial charge >= 0.3 is 5.97 Å². The number of aliphatic hydroxyl groups excluding tert-OH is 1. The summed E-state index contributed by atoms with van der Waals surface area (Å²) < 4.78 is 7.00. The topological polar surface area (TPSA) is 115 Å². The fourth-order valence-electron chi connectivity index (χ4n) is 5.11. The number of hydrogen-bond acceptors (Lipinski definition) is 8. The second-order valence-corrected chi connectivity index (χ2v) is 10.2. The van der Waals surface area contributed by atoms with Crippen LogP contribution in [0.3, 0.4) is 0 Å². The van der Waals surface area contributed by atoms with E-state index in [0.29, 0.717) is 36.3 Å². The lowest BCUT2D eigenvalue weighted by Gasteiger charge is -2.37. The van der Waals surface area contributed by atoms with Crippen molar-refractivity contribution in [3.63, 3.8) is 0 Å². The number of aryl methyl sites for hydroxylation is 1. The third kappa shape index (κ3) is 3.78. The molecule has 1 N–H and O–H groups in total. The van der Waals surface area contributed by atoms with E-state index in [4.69, 9.17) is 4.74 Å². The molecule has 1 fully saturated rings. The molecule has 1 aromatic heterocycles. The Morgan fingerprint density at radius 1 is 1.35 bits per heavy atom. The smallest absolute Gasteiger partial charge is 0.343 e. The van der Waals surface area contributed by atoms with Crippen LogP contribution in [0.5, 0.6) is 0 Å². The Labute approximate surface area is 200 Å². The Bertz CT molecular complexity index is 1300. The van der Waals surface area contributed by atoms with Crippen LogP contribution >= 0.6 is 11.8 Å². The van der Waals surface area contributed by atoms with Gasteiger partial charge in [-0.25, -0.2) is 4.79 Å². The highest BCUT2D eigenvalue weighted by atomic mass is 32.2. The SMILES string of the molecule is CCOC(=O)c1cn(C2CC2)c2c(C)c(N3CCC4=C(C3)C(O)CCS4)c([N+](=O)[O-])cc2c1=O. The molecular formula is C24H27N3O6S. The maximum Gasteiger partial charge on any atom is 0.343 e. The van der Waals surface area contributed by atoms with Crippen LogP contribution in [-0.4, -0.2) is 52.1 Å². The second kappa shape index (κ2) is 8.74. The molecule has 1 atom stereocenters. The van der Waals surface area contributed by atoms with Crippen LogP contribution < -0.4 is 10.3 Å². The number of nitro benzene ring substituents is 1. The zero-order valence-electron chi connectivity index (χ0n) is 19.2. The highest BCUT2D eigenvalue weighted by Crippen LogP contribution is 2.44. The normalized spacial score (nSPS) is 20.4. The first-order valence-corrected chi connectivity index (χ1v) is 12.6. The first-order chi connectivity index (χ1) is 16.3. The molecule has 180 valence electrons. The Hall–Kier alpha value is -2.85. The van der Waals surface area contributed by atoms with Gasteiger partial charge in [-0.3, -0.25) is 14.9 Å². The lowest BCUT2D eigenvalue weighted by molar-refractivity contribution is -0.384. The zero-order valence-corrected chi connectivity index (χ0v) is 20.0. The minimum atomic E-state index is -0.715. The lowest BCUT2D eigenvalue weighted by atomic mass is 9.98. The van der Waals surface area contributed by atoms with E-state index in [-0.39, 0.29) is 29.3 Å². The van der Waals surface area contributed by atoms with E-state index in [9.17, 15) is 24.8 Å². The minimum absolute atomic E-state index is 0.0992. The number of aliphatic hydroxyl groups is 1. The maximum atomic E-state index is 13.3. The van der Waals surface area contributed by atoms with Crippen molar-refractivity contribution < 1.29 is 19.6 Å². The summed E-state index contributed by atoms with van der Waals surface area (Å²) in [6.07, 6.45) is 4.25. The van der Waals surface area contributed by atoms with E-state index >= 15 is 0 Å². The first kappa shape index (κ1) is 22.9. The number of esters is 1. The number of benzene rings is 1. The van der Waals surface area contributed by atoms with Gasteiger partial charge < -0.3 is 19.3 Å². The average molecular weight is 486 g/mol. The van der Waals surface area contributed by atoms with Crippen LogP contribution in [0.4, 0.5) is 11.4 Å². The van der Waals surface area contributed by atoms with Gasteiger partial charge in [0.05, 0.1) is 28.5 Å². The Morgan fingerprint density at radius 3 is 2.79 bits per heavy atom. The van der Waals surface area contributed by atoms with E-state index in [1.807, 2.05) is 16.4 Å². The fourth-order valence-corrected chi connectivity index (χ4v) is 6.32. The number of anilines is 1. The van der Waals surface area contributed by atoms with Gasteiger partial charge in [0.15, 0.2) is 0 Å². The average Bonchev–Trinajstić information content (AvgIpc) is 3.65. The molecule has 2 aromatic rings. The summed E-state index contributed by atoms with van der Waals surface area (Å²) in [6, 6.07) is 1.45. The van der Waals surface area contributed by atoms with Crippen LogP contribution in [0.15, 0.2) is 27.5 Å². The van der Waals surface area contributed by atoms with Crippen molar-refractivity contribution in [2.75, 3.05) is 30.3 Å². The van der Waals surface area contributed by atoms with Gasteiger partial charge in [0, 0.05) is 42.7 Å². The molecule has 1 unspecified atom stereocenters. The van der Waals surface area contributed by atoms with Crippen LogP contribution in [0.25, 0.3) is 10.9 Å². The summed E-state index contributed by atoms with van der Waals surface area (Å²) in [5, 5.41) is 22.9. The van der Waals surface area contributed by atoms with Gasteiger partial charge in [-0.15, -0.1) is 11.8 Å². The van der Waals surface area contributed by atoms with E-state index in [0.717, 1.165) is 30.6 Å². The summed E-state index contributed by atoms with van der Waals surface area (Å²) in [4.78, 5) is 40.6. The van der Waals surface area contributed by atoms with E-state index in [2.05, 4.69) is 0 Å². The van der Waals surface area contributed by atoms with E-state index in [1.54, 1.807) is 24.9 Å². The van der Waals surface area contributed by atoms with E-state index in [1.165, 1.54) is 11.0 Å². The Morgan fingerprint density at radius 2 is 2.12 bits per heavy atom. The summed E-state index contributed by atoms with van der Waals surface area (Å²) in [5.74, 6) is 0.165. The van der Waals surface area contributed by atoms with Crippen molar-refractivity contribution in [2.45, 2.75) is 51.7 Å². The van der Waals surface area contributed by atoms with Gasteiger partial charge in [-0.2, -0.15) is 0 Å². The molecule has 1 aliphatic carbocycles. The van der Waals surface area contributed by atoms with Crippen molar-refractivity contribution in [3.05, 3.63) is 54.2 Å². The molecule has 34 heavy (non-hydrogen) atoms. The molecule has 5 rings (SSSR count). The molecule has 0 amide bonds. The number of thioether (sulfide) groups is 1. The van der Waals surface area contributed by atoms with Gasteiger partial charge in [-0.05, 0) is 50.0 Å². The van der Waals surface area contributed by atoms with Crippen molar-refractivity contribution in [3.8, 4) is 0 Å². The molecule has 0 radical (unpaired) electrons. The van der Waals surface area contributed by atoms with Gasteiger partial charge in [-0.1, -0.05) is 0 Å². The molecule has 1 aromatic carbocycles. The monoisotopic (exact) mass is 485 g/mol. The number of carbonyl (C=O) groups is 1. The molecule has 0 spiro atoms. The van der Waals surface area contributed by atoms with Crippen LogP contribution in [0.1, 0.15) is 54.6 Å². The standard InChI is InChI=1S/C24H27N3O6S/c1-3-33-24(30)17-12-26(14-4-5-14)21-13(2)22(18(27(31)32)10-15(21)23(17)29)25-8-6-20-16(11-25)19(28)7-9-34-20/h10,12,14,19,28H,3-9,11H2,1-2H3.